The molecule has 2 N–H and O–H groups in total. The Bertz CT molecular complexity index is 771. The second kappa shape index (κ2) is 7.28. The minimum absolute atomic E-state index is 0.102. The average Bonchev–Trinajstić information content (AvgIpc) is 2.62. The summed E-state index contributed by atoms with van der Waals surface area (Å²) in [6, 6.07) is 5.15. The van der Waals surface area contributed by atoms with E-state index in [-0.39, 0.29) is 17.4 Å². The van der Waals surface area contributed by atoms with Gasteiger partial charge in [0.15, 0.2) is 11.5 Å². The molecule has 0 spiro atoms. The summed E-state index contributed by atoms with van der Waals surface area (Å²) in [5, 5.41) is 0. The van der Waals surface area contributed by atoms with Crippen LogP contribution in [0.25, 0.3) is 0 Å². The van der Waals surface area contributed by atoms with Gasteiger partial charge in [0, 0.05) is 45.1 Å². The standard InChI is InChI=1S/C17H18F3N5O/c18-17(19,20)13-3-1-12(2-4-13)11-24-7-9-25(10-8-24)16(26)14-15(21)23-6-5-22-14/h1-6H,7-11H2,(H2,21,23). The van der Waals surface area contributed by atoms with Crippen molar-refractivity contribution in [3.8, 4) is 0 Å². The van der Waals surface area contributed by atoms with Crippen molar-refractivity contribution < 1.29 is 18.0 Å². The van der Waals surface area contributed by atoms with Gasteiger partial charge in [0.2, 0.25) is 0 Å². The van der Waals surface area contributed by atoms with E-state index in [9.17, 15) is 18.0 Å². The molecule has 0 aliphatic carbocycles. The Labute approximate surface area is 148 Å². The van der Waals surface area contributed by atoms with Gasteiger partial charge >= 0.3 is 6.18 Å². The molecule has 26 heavy (non-hydrogen) atoms. The lowest BCUT2D eigenvalue weighted by Crippen LogP contribution is -2.48. The number of amides is 1. The van der Waals surface area contributed by atoms with E-state index in [0.717, 1.165) is 17.7 Å². The SMILES string of the molecule is Nc1nccnc1C(=O)N1CCN(Cc2ccc(C(F)(F)F)cc2)CC1. The van der Waals surface area contributed by atoms with E-state index in [1.54, 1.807) is 4.90 Å². The highest BCUT2D eigenvalue weighted by Crippen LogP contribution is 2.29. The van der Waals surface area contributed by atoms with Crippen molar-refractivity contribution in [3.05, 3.63) is 53.5 Å². The maximum Gasteiger partial charge on any atom is 0.416 e. The summed E-state index contributed by atoms with van der Waals surface area (Å²) in [4.78, 5) is 24.0. The number of piperazine rings is 1. The number of nitrogens with two attached hydrogens (primary N) is 1. The number of anilines is 1. The third-order valence-electron chi connectivity index (χ3n) is 4.28. The lowest BCUT2D eigenvalue weighted by atomic mass is 10.1. The number of alkyl halides is 3. The number of hydrogen-bond acceptors (Lipinski definition) is 5. The molecule has 2 aromatic rings. The van der Waals surface area contributed by atoms with Gasteiger partial charge in [0.25, 0.3) is 5.91 Å². The fourth-order valence-electron chi connectivity index (χ4n) is 2.83. The number of nitrogens with zero attached hydrogens (tertiary/aromatic N) is 4. The summed E-state index contributed by atoms with van der Waals surface area (Å²) < 4.78 is 37.8. The van der Waals surface area contributed by atoms with Crippen LogP contribution in [0.5, 0.6) is 0 Å². The lowest BCUT2D eigenvalue weighted by Gasteiger charge is -2.34. The Morgan fingerprint density at radius 3 is 2.23 bits per heavy atom. The van der Waals surface area contributed by atoms with Gasteiger partial charge in [-0.15, -0.1) is 0 Å². The number of carbonyl (C=O) groups is 1. The van der Waals surface area contributed by atoms with Gasteiger partial charge in [-0.25, -0.2) is 9.97 Å². The van der Waals surface area contributed by atoms with Gasteiger partial charge in [-0.05, 0) is 17.7 Å². The first-order valence-corrected chi connectivity index (χ1v) is 8.09. The average molecular weight is 365 g/mol. The highest BCUT2D eigenvalue weighted by Gasteiger charge is 2.30. The van der Waals surface area contributed by atoms with Gasteiger partial charge in [-0.1, -0.05) is 12.1 Å². The molecule has 0 radical (unpaired) electrons. The molecule has 0 bridgehead atoms. The number of hydrogen-bond donors (Lipinski definition) is 1. The molecule has 6 nitrogen and oxygen atoms in total. The van der Waals surface area contributed by atoms with Crippen molar-refractivity contribution in [2.45, 2.75) is 12.7 Å². The Morgan fingerprint density at radius 1 is 1.04 bits per heavy atom. The predicted octanol–water partition coefficient (Wildman–Crippen LogP) is 2.04. The second-order valence-electron chi connectivity index (χ2n) is 6.05. The molecule has 0 unspecified atom stereocenters. The van der Waals surface area contributed by atoms with Crippen molar-refractivity contribution in [2.75, 3.05) is 31.9 Å². The molecule has 0 atom stereocenters. The summed E-state index contributed by atoms with van der Waals surface area (Å²) >= 11 is 0. The molecule has 3 rings (SSSR count). The fraction of sp³-hybridized carbons (Fsp3) is 0.353. The van der Waals surface area contributed by atoms with E-state index in [4.69, 9.17) is 5.73 Å². The van der Waals surface area contributed by atoms with E-state index in [1.807, 2.05) is 0 Å². The molecule has 1 saturated heterocycles. The van der Waals surface area contributed by atoms with Crippen LogP contribution in [0, 0.1) is 0 Å². The molecular weight excluding hydrogens is 347 g/mol. The van der Waals surface area contributed by atoms with Gasteiger partial charge in [-0.2, -0.15) is 13.2 Å². The van der Waals surface area contributed by atoms with Crippen LogP contribution < -0.4 is 5.73 Å². The maximum absolute atomic E-state index is 12.6. The Morgan fingerprint density at radius 2 is 1.65 bits per heavy atom. The number of halogens is 3. The van der Waals surface area contributed by atoms with Gasteiger partial charge in [0.1, 0.15) is 0 Å². The summed E-state index contributed by atoms with van der Waals surface area (Å²) in [6.07, 6.45) is -1.48. The van der Waals surface area contributed by atoms with Crippen LogP contribution in [0.2, 0.25) is 0 Å². The number of benzene rings is 1. The Kier molecular flexibility index (Phi) is 5.08. The topological polar surface area (TPSA) is 75.3 Å². The number of nitrogen functional groups attached to an aromatic ring is 1. The third-order valence-corrected chi connectivity index (χ3v) is 4.28. The molecule has 1 aliphatic heterocycles. The summed E-state index contributed by atoms with van der Waals surface area (Å²) in [6.45, 7) is 2.76. The van der Waals surface area contributed by atoms with Gasteiger partial charge in [0.05, 0.1) is 5.56 Å². The zero-order valence-corrected chi connectivity index (χ0v) is 13.9. The smallest absolute Gasteiger partial charge is 0.382 e. The van der Waals surface area contributed by atoms with Crippen LogP contribution in [0.3, 0.4) is 0 Å². The van der Waals surface area contributed by atoms with Crippen LogP contribution in [0.1, 0.15) is 21.6 Å². The van der Waals surface area contributed by atoms with E-state index in [2.05, 4.69) is 14.9 Å². The normalized spacial score (nSPS) is 15.9. The molecule has 138 valence electrons. The number of carbonyl (C=O) groups excluding carboxylic acids is 1. The number of rotatable bonds is 3. The Balaban J connectivity index is 1.56. The quantitative estimate of drug-likeness (QED) is 0.901. The van der Waals surface area contributed by atoms with Crippen molar-refractivity contribution in [3.63, 3.8) is 0 Å². The summed E-state index contributed by atoms with van der Waals surface area (Å²) in [7, 11) is 0. The minimum atomic E-state index is -4.33. The monoisotopic (exact) mass is 365 g/mol. The molecule has 1 fully saturated rings. The number of aromatic nitrogens is 2. The summed E-state index contributed by atoms with van der Waals surface area (Å²) in [5.74, 6) is -0.158. The Hall–Kier alpha value is -2.68. The van der Waals surface area contributed by atoms with Crippen LogP contribution in [0.4, 0.5) is 19.0 Å². The molecule has 9 heteroatoms. The first-order chi connectivity index (χ1) is 12.3. The van der Waals surface area contributed by atoms with Crippen LogP contribution in [-0.4, -0.2) is 51.9 Å². The van der Waals surface area contributed by atoms with Crippen molar-refractivity contribution >= 4 is 11.7 Å². The predicted molar refractivity (Wildman–Crippen MR) is 89.1 cm³/mol. The highest BCUT2D eigenvalue weighted by atomic mass is 19.4. The molecule has 1 amide bonds. The van der Waals surface area contributed by atoms with Gasteiger partial charge in [-0.3, -0.25) is 9.69 Å². The second-order valence-corrected chi connectivity index (χ2v) is 6.05. The first kappa shape index (κ1) is 18.1. The summed E-state index contributed by atoms with van der Waals surface area (Å²) in [5.41, 5.74) is 5.98. The first-order valence-electron chi connectivity index (χ1n) is 8.09. The van der Waals surface area contributed by atoms with E-state index < -0.39 is 11.7 Å². The van der Waals surface area contributed by atoms with Crippen LogP contribution in [0.15, 0.2) is 36.7 Å². The van der Waals surface area contributed by atoms with Crippen molar-refractivity contribution in [1.29, 1.82) is 0 Å². The minimum Gasteiger partial charge on any atom is -0.382 e. The zero-order chi connectivity index (χ0) is 18.7. The highest BCUT2D eigenvalue weighted by molar-refractivity contribution is 5.96. The fourth-order valence-corrected chi connectivity index (χ4v) is 2.83. The zero-order valence-electron chi connectivity index (χ0n) is 13.9. The van der Waals surface area contributed by atoms with E-state index in [1.165, 1.54) is 24.5 Å². The molecule has 1 aromatic heterocycles. The molecule has 0 saturated carbocycles. The van der Waals surface area contributed by atoms with E-state index in [0.29, 0.717) is 32.7 Å². The van der Waals surface area contributed by atoms with Gasteiger partial charge < -0.3 is 10.6 Å². The van der Waals surface area contributed by atoms with Crippen molar-refractivity contribution in [2.24, 2.45) is 0 Å². The van der Waals surface area contributed by atoms with E-state index >= 15 is 0 Å². The molecule has 2 heterocycles. The molecule has 1 aliphatic rings. The lowest BCUT2D eigenvalue weighted by molar-refractivity contribution is -0.137. The van der Waals surface area contributed by atoms with Crippen molar-refractivity contribution in [1.82, 2.24) is 19.8 Å². The maximum atomic E-state index is 12.6. The molecular formula is C17H18F3N5O. The van der Waals surface area contributed by atoms with Crippen LogP contribution >= 0.6 is 0 Å². The largest absolute Gasteiger partial charge is 0.416 e. The van der Waals surface area contributed by atoms with Crippen LogP contribution in [-0.2, 0) is 12.7 Å². The third kappa shape index (κ3) is 4.10. The molecule has 1 aromatic carbocycles.